The number of morpholine rings is 1. The molecule has 0 spiro atoms. The van der Waals surface area contributed by atoms with Gasteiger partial charge in [-0.1, -0.05) is 20.4 Å². The van der Waals surface area contributed by atoms with E-state index in [0.717, 1.165) is 56.6 Å². The van der Waals surface area contributed by atoms with Crippen molar-refractivity contribution in [2.24, 2.45) is 34.5 Å². The number of fused-ring (bicyclic) bond motifs is 5. The van der Waals surface area contributed by atoms with Gasteiger partial charge in [0.15, 0.2) is 6.10 Å². The van der Waals surface area contributed by atoms with Gasteiger partial charge in [-0.3, -0.25) is 9.69 Å². The Bertz CT molecular complexity index is 898. The molecular weight excluding hydrogens is 476 g/mol. The molecule has 2 heterocycles. The van der Waals surface area contributed by atoms with Crippen LogP contribution in [0, 0.1) is 34.5 Å². The molecule has 4 saturated carbocycles. The minimum Gasteiger partial charge on any atom is -0.456 e. The molecule has 0 aromatic heterocycles. The Kier molecular flexibility index (Phi) is 7.27. The number of aliphatic hydroxyl groups excluding tert-OH is 1. The Morgan fingerprint density at radius 2 is 1.84 bits per heavy atom. The second-order valence-corrected chi connectivity index (χ2v) is 14.6. The van der Waals surface area contributed by atoms with Crippen LogP contribution >= 0.6 is 0 Å². The topological polar surface area (TPSA) is 59.0 Å². The van der Waals surface area contributed by atoms with Gasteiger partial charge in [0.05, 0.1) is 39.0 Å². The molecule has 4 aliphatic carbocycles. The summed E-state index contributed by atoms with van der Waals surface area (Å²) in [6.45, 7) is 17.7. The maximum Gasteiger partial charge on any atom is 0.303 e. The zero-order valence-electron chi connectivity index (χ0n) is 24.3. The van der Waals surface area contributed by atoms with E-state index in [-0.39, 0.29) is 35.0 Å². The number of likely N-dealkylation sites (tertiary alicyclic amines) is 1. The van der Waals surface area contributed by atoms with Crippen molar-refractivity contribution in [3.8, 4) is 0 Å². The molecule has 0 aromatic carbocycles. The van der Waals surface area contributed by atoms with E-state index in [2.05, 4.69) is 31.4 Å². The highest BCUT2D eigenvalue weighted by Gasteiger charge is 2.67. The van der Waals surface area contributed by atoms with E-state index < -0.39 is 0 Å². The van der Waals surface area contributed by atoms with Crippen LogP contribution in [0.25, 0.3) is 0 Å². The second-order valence-electron chi connectivity index (χ2n) is 14.6. The molecule has 6 rings (SSSR count). The van der Waals surface area contributed by atoms with Gasteiger partial charge in [-0.2, -0.15) is 0 Å². The highest BCUT2D eigenvalue weighted by Crippen LogP contribution is 2.67. The second kappa shape index (κ2) is 10.2. The van der Waals surface area contributed by atoms with Crippen LogP contribution in [0.1, 0.15) is 78.6 Å². The van der Waals surface area contributed by atoms with Gasteiger partial charge < -0.3 is 19.1 Å². The van der Waals surface area contributed by atoms with Crippen molar-refractivity contribution < 1.29 is 23.9 Å². The Balaban J connectivity index is 1.30. The van der Waals surface area contributed by atoms with Crippen LogP contribution in [0.4, 0.5) is 0 Å². The van der Waals surface area contributed by atoms with Crippen LogP contribution in [0.5, 0.6) is 0 Å². The van der Waals surface area contributed by atoms with Crippen molar-refractivity contribution in [1.29, 1.82) is 0 Å². The predicted molar refractivity (Wildman–Crippen MR) is 148 cm³/mol. The van der Waals surface area contributed by atoms with Gasteiger partial charge in [-0.05, 0) is 73.7 Å². The number of rotatable bonds is 5. The summed E-state index contributed by atoms with van der Waals surface area (Å²) in [6, 6.07) is 0.663. The number of hydrogen-bond donors (Lipinski definition) is 1. The molecule has 38 heavy (non-hydrogen) atoms. The fourth-order valence-corrected chi connectivity index (χ4v) is 11.3. The molecule has 10 atom stereocenters. The first-order valence-corrected chi connectivity index (χ1v) is 15.9. The van der Waals surface area contributed by atoms with Gasteiger partial charge in [-0.15, -0.1) is 0 Å². The zero-order chi connectivity index (χ0) is 26.7. The number of nitrogens with zero attached hydrogens (tertiary/aromatic N) is 2. The summed E-state index contributed by atoms with van der Waals surface area (Å²) in [4.78, 5) is 15.0. The van der Waals surface area contributed by atoms with Gasteiger partial charge in [0.2, 0.25) is 0 Å². The predicted octanol–water partition coefficient (Wildman–Crippen LogP) is 4.41. The summed E-state index contributed by atoms with van der Waals surface area (Å²) in [6.07, 6.45) is 12.7. The highest BCUT2D eigenvalue weighted by molar-refractivity contribution is 5.66. The minimum absolute atomic E-state index is 0.0174. The van der Waals surface area contributed by atoms with E-state index in [0.29, 0.717) is 29.7 Å². The summed E-state index contributed by atoms with van der Waals surface area (Å²) >= 11 is 0. The van der Waals surface area contributed by atoms with E-state index >= 15 is 0 Å². The molecule has 0 aromatic rings. The first-order valence-electron chi connectivity index (χ1n) is 15.9. The standard InChI is InChI=1S/C32H53N2O4/c1-5-14-34(15-6-7-16-34)28-20-26-24-9-8-23-19-29(36)27(33-12-17-37-18-13-33)21-32(23,4)25(24)10-11-31(26,3)30(28)38-22(2)35/h5,23-30,36H,1,6-21H2,2-4H3/q+1/t23-,24+,25-,26-,27?,28-,29-,30-,31-,32-/m0/s1. The van der Waals surface area contributed by atoms with Crippen LogP contribution in [-0.4, -0.2) is 90.7 Å². The summed E-state index contributed by atoms with van der Waals surface area (Å²) in [5, 5.41) is 11.3. The lowest BCUT2D eigenvalue weighted by atomic mass is 9.44. The van der Waals surface area contributed by atoms with Crippen molar-refractivity contribution in [1.82, 2.24) is 4.90 Å². The average molecular weight is 530 g/mol. The number of carbonyl (C=O) groups is 1. The summed E-state index contributed by atoms with van der Waals surface area (Å²) < 4.78 is 13.1. The van der Waals surface area contributed by atoms with Crippen molar-refractivity contribution >= 4 is 5.97 Å². The zero-order valence-corrected chi connectivity index (χ0v) is 24.3. The maximum atomic E-state index is 12.5. The normalized spacial score (nSPS) is 48.5. The van der Waals surface area contributed by atoms with E-state index in [9.17, 15) is 9.90 Å². The number of ether oxygens (including phenoxy) is 2. The van der Waals surface area contributed by atoms with Gasteiger partial charge in [-0.25, -0.2) is 0 Å². The van der Waals surface area contributed by atoms with E-state index in [1.807, 2.05) is 0 Å². The fraction of sp³-hybridized carbons (Fsp3) is 0.906. The highest BCUT2D eigenvalue weighted by atomic mass is 16.5. The minimum atomic E-state index is -0.209. The molecular formula is C32H53N2O4+. The molecule has 6 aliphatic rings. The van der Waals surface area contributed by atoms with Crippen LogP contribution in [0.15, 0.2) is 12.7 Å². The third kappa shape index (κ3) is 4.23. The smallest absolute Gasteiger partial charge is 0.303 e. The molecule has 0 amide bonds. The number of aliphatic hydroxyl groups is 1. The van der Waals surface area contributed by atoms with Gasteiger partial charge >= 0.3 is 5.97 Å². The largest absolute Gasteiger partial charge is 0.456 e. The molecule has 1 unspecified atom stereocenters. The lowest BCUT2D eigenvalue weighted by molar-refractivity contribution is -0.937. The Labute approximate surface area is 230 Å². The summed E-state index contributed by atoms with van der Waals surface area (Å²) in [7, 11) is 0. The van der Waals surface area contributed by atoms with E-state index in [4.69, 9.17) is 9.47 Å². The number of hydrogen-bond acceptors (Lipinski definition) is 5. The molecule has 1 N–H and O–H groups in total. The lowest BCUT2D eigenvalue weighted by Crippen LogP contribution is -2.61. The Morgan fingerprint density at radius 3 is 2.53 bits per heavy atom. The maximum absolute atomic E-state index is 12.5. The molecule has 6 nitrogen and oxygen atoms in total. The number of quaternary nitrogens is 1. The lowest BCUT2D eigenvalue weighted by Gasteiger charge is -2.62. The Morgan fingerprint density at radius 1 is 1.11 bits per heavy atom. The van der Waals surface area contributed by atoms with Crippen LogP contribution in [0.3, 0.4) is 0 Å². The average Bonchev–Trinajstić information content (AvgIpc) is 3.48. The third-order valence-corrected chi connectivity index (χ3v) is 13.1. The molecule has 6 heteroatoms. The third-order valence-electron chi connectivity index (χ3n) is 13.1. The fourth-order valence-electron chi connectivity index (χ4n) is 11.3. The quantitative estimate of drug-likeness (QED) is 0.325. The molecule has 2 saturated heterocycles. The van der Waals surface area contributed by atoms with Crippen molar-refractivity contribution in [2.75, 3.05) is 45.9 Å². The van der Waals surface area contributed by atoms with Gasteiger partial charge in [0.25, 0.3) is 0 Å². The Hall–Kier alpha value is -0.950. The number of esters is 1. The van der Waals surface area contributed by atoms with Gasteiger partial charge in [0.1, 0.15) is 6.04 Å². The van der Waals surface area contributed by atoms with Gasteiger partial charge in [0, 0.05) is 50.7 Å². The summed E-state index contributed by atoms with van der Waals surface area (Å²) in [5.41, 5.74) is 0.343. The molecule has 6 fully saturated rings. The molecule has 214 valence electrons. The number of carbonyl (C=O) groups excluding carboxylic acids is 1. The summed E-state index contributed by atoms with van der Waals surface area (Å²) in [5.74, 6) is 2.54. The monoisotopic (exact) mass is 529 g/mol. The molecule has 2 aliphatic heterocycles. The molecule has 0 bridgehead atoms. The van der Waals surface area contributed by atoms with E-state index in [1.54, 1.807) is 6.92 Å². The van der Waals surface area contributed by atoms with E-state index in [1.165, 1.54) is 51.6 Å². The first-order chi connectivity index (χ1) is 18.2. The van der Waals surface area contributed by atoms with Crippen molar-refractivity contribution in [3.05, 3.63) is 12.7 Å². The SMILES string of the molecule is C=CC[N+]1([C@H]2C[C@H]3[C@@H]4CC[C@H]5C[C@H](O)C(N6CCOCC6)C[C@]5(C)[C@H]4CC[C@]3(C)[C@H]2OC(C)=O)CCCC1. The van der Waals surface area contributed by atoms with Crippen molar-refractivity contribution in [3.63, 3.8) is 0 Å². The van der Waals surface area contributed by atoms with Crippen LogP contribution < -0.4 is 0 Å². The van der Waals surface area contributed by atoms with Crippen LogP contribution in [-0.2, 0) is 14.3 Å². The molecule has 0 radical (unpaired) electrons. The van der Waals surface area contributed by atoms with Crippen LogP contribution in [0.2, 0.25) is 0 Å². The first kappa shape index (κ1) is 27.2. The van der Waals surface area contributed by atoms with Crippen molar-refractivity contribution in [2.45, 2.75) is 103 Å².